The van der Waals surface area contributed by atoms with Gasteiger partial charge in [-0.3, -0.25) is 19.8 Å². The Kier molecular flexibility index (Phi) is 5.48. The van der Waals surface area contributed by atoms with E-state index in [1.165, 1.54) is 6.07 Å². The number of anilines is 1. The molecule has 5 rings (SSSR count). The van der Waals surface area contributed by atoms with E-state index in [0.29, 0.717) is 24.3 Å². The molecule has 3 aromatic rings. The number of hydrogen-bond donors (Lipinski definition) is 0. The van der Waals surface area contributed by atoms with Crippen molar-refractivity contribution in [2.75, 3.05) is 44.2 Å². The van der Waals surface area contributed by atoms with Gasteiger partial charge in [-0.1, -0.05) is 6.07 Å². The van der Waals surface area contributed by atoms with Crippen molar-refractivity contribution < 1.29 is 9.72 Å². The molecule has 0 unspecified atom stereocenters. The van der Waals surface area contributed by atoms with Gasteiger partial charge in [-0.15, -0.1) is 0 Å². The van der Waals surface area contributed by atoms with Crippen molar-refractivity contribution in [1.29, 1.82) is 0 Å². The lowest BCUT2D eigenvalue weighted by Gasteiger charge is -2.34. The summed E-state index contributed by atoms with van der Waals surface area (Å²) in [4.78, 5) is 35.1. The first-order valence-corrected chi connectivity index (χ1v) is 11.1. The number of nitro benzene ring substituents is 1. The van der Waals surface area contributed by atoms with Crippen LogP contribution in [0.3, 0.4) is 0 Å². The van der Waals surface area contributed by atoms with E-state index in [1.54, 1.807) is 17.0 Å². The largest absolute Gasteiger partial charge is 0.366 e. The van der Waals surface area contributed by atoms with Crippen molar-refractivity contribution in [2.24, 2.45) is 0 Å². The number of nitro groups is 1. The molecule has 2 saturated heterocycles. The van der Waals surface area contributed by atoms with Crippen LogP contribution in [0.2, 0.25) is 0 Å². The molecule has 1 amide bonds. The van der Waals surface area contributed by atoms with E-state index in [9.17, 15) is 14.9 Å². The minimum absolute atomic E-state index is 0.0169. The highest BCUT2D eigenvalue weighted by molar-refractivity contribution is 5.96. The van der Waals surface area contributed by atoms with Gasteiger partial charge < -0.3 is 14.2 Å². The second-order valence-corrected chi connectivity index (χ2v) is 8.42. The summed E-state index contributed by atoms with van der Waals surface area (Å²) < 4.78 is 2.01. The molecule has 4 heterocycles. The van der Waals surface area contributed by atoms with Gasteiger partial charge in [-0.2, -0.15) is 0 Å². The number of carbonyl (C=O) groups excluding carboxylic acids is 1. The van der Waals surface area contributed by atoms with Crippen LogP contribution in [0.1, 0.15) is 28.9 Å². The number of aromatic nitrogens is 2. The third-order valence-electron chi connectivity index (χ3n) is 6.32. The second kappa shape index (κ2) is 8.58. The van der Waals surface area contributed by atoms with Crippen molar-refractivity contribution in [2.45, 2.75) is 19.4 Å². The van der Waals surface area contributed by atoms with Crippen molar-refractivity contribution in [3.63, 3.8) is 0 Å². The van der Waals surface area contributed by atoms with E-state index in [-0.39, 0.29) is 16.5 Å². The minimum Gasteiger partial charge on any atom is -0.366 e. The number of piperazine rings is 1. The lowest BCUT2D eigenvalue weighted by Crippen LogP contribution is -2.48. The standard InChI is InChI=1S/C23H26N6O3/c30-23(18-6-7-20(21(15-18)29(31)32)26-8-3-4-9-26)27-13-11-25(12-14-27)16-19-17-28-10-2-1-5-22(28)24-19/h1-2,5-7,10,15,17H,3-4,8-9,11-14,16H2. The average molecular weight is 435 g/mol. The van der Waals surface area contributed by atoms with Gasteiger partial charge >= 0.3 is 0 Å². The number of rotatable bonds is 5. The highest BCUT2D eigenvalue weighted by Gasteiger charge is 2.27. The maximum Gasteiger partial charge on any atom is 0.293 e. The smallest absolute Gasteiger partial charge is 0.293 e. The predicted octanol–water partition coefficient (Wildman–Crippen LogP) is 2.80. The fourth-order valence-electron chi connectivity index (χ4n) is 4.61. The maximum atomic E-state index is 13.0. The van der Waals surface area contributed by atoms with Gasteiger partial charge in [0.1, 0.15) is 11.3 Å². The monoisotopic (exact) mass is 434 g/mol. The summed E-state index contributed by atoms with van der Waals surface area (Å²) in [5.74, 6) is -0.145. The molecule has 0 radical (unpaired) electrons. The van der Waals surface area contributed by atoms with E-state index in [1.807, 2.05) is 39.9 Å². The Morgan fingerprint density at radius 2 is 1.81 bits per heavy atom. The molecule has 1 aromatic carbocycles. The molecular weight excluding hydrogens is 408 g/mol. The van der Waals surface area contributed by atoms with Gasteiger partial charge in [-0.25, -0.2) is 4.98 Å². The number of carbonyl (C=O) groups is 1. The number of hydrogen-bond acceptors (Lipinski definition) is 6. The molecule has 2 fully saturated rings. The Morgan fingerprint density at radius 1 is 1.03 bits per heavy atom. The predicted molar refractivity (Wildman–Crippen MR) is 121 cm³/mol. The first kappa shape index (κ1) is 20.4. The Balaban J connectivity index is 1.24. The number of pyridine rings is 1. The van der Waals surface area contributed by atoms with Crippen LogP contribution in [-0.2, 0) is 6.54 Å². The molecule has 0 spiro atoms. The molecule has 166 valence electrons. The van der Waals surface area contributed by atoms with Gasteiger partial charge in [0.25, 0.3) is 11.6 Å². The fraction of sp³-hybridized carbons (Fsp3) is 0.391. The second-order valence-electron chi connectivity index (χ2n) is 8.42. The molecule has 32 heavy (non-hydrogen) atoms. The summed E-state index contributed by atoms with van der Waals surface area (Å²) in [6.45, 7) is 5.05. The molecule has 2 aliphatic rings. The highest BCUT2D eigenvalue weighted by Crippen LogP contribution is 2.32. The van der Waals surface area contributed by atoms with Crippen LogP contribution in [0.15, 0.2) is 48.8 Å². The minimum atomic E-state index is -0.378. The van der Waals surface area contributed by atoms with Crippen LogP contribution < -0.4 is 4.90 Å². The van der Waals surface area contributed by atoms with Gasteiger partial charge in [0, 0.05) is 69.8 Å². The number of fused-ring (bicyclic) bond motifs is 1. The molecule has 0 N–H and O–H groups in total. The molecule has 9 nitrogen and oxygen atoms in total. The number of benzene rings is 1. The Labute approximate surface area is 186 Å². The van der Waals surface area contributed by atoms with E-state index in [2.05, 4.69) is 9.88 Å². The van der Waals surface area contributed by atoms with Crippen LogP contribution in [0.25, 0.3) is 5.65 Å². The lowest BCUT2D eigenvalue weighted by atomic mass is 10.1. The van der Waals surface area contributed by atoms with E-state index in [0.717, 1.165) is 56.9 Å². The zero-order valence-electron chi connectivity index (χ0n) is 17.9. The number of amides is 1. The Morgan fingerprint density at radius 3 is 2.53 bits per heavy atom. The summed E-state index contributed by atoms with van der Waals surface area (Å²) in [7, 11) is 0. The van der Waals surface area contributed by atoms with Gasteiger partial charge in [-0.05, 0) is 37.1 Å². The van der Waals surface area contributed by atoms with E-state index >= 15 is 0 Å². The van der Waals surface area contributed by atoms with Gasteiger partial charge in [0.2, 0.25) is 0 Å². The van der Waals surface area contributed by atoms with Crippen molar-refractivity contribution >= 4 is 22.9 Å². The van der Waals surface area contributed by atoms with E-state index < -0.39 is 0 Å². The normalized spacial score (nSPS) is 17.2. The summed E-state index contributed by atoms with van der Waals surface area (Å²) in [6.07, 6.45) is 6.10. The fourth-order valence-corrected chi connectivity index (χ4v) is 4.61. The zero-order valence-corrected chi connectivity index (χ0v) is 17.9. The summed E-state index contributed by atoms with van der Waals surface area (Å²) in [5, 5.41) is 11.7. The number of imidazole rings is 1. The molecule has 0 bridgehead atoms. The SMILES string of the molecule is O=C(c1ccc(N2CCCC2)c([N+](=O)[O-])c1)N1CCN(Cc2cn3ccccc3n2)CC1. The average Bonchev–Trinajstić information content (AvgIpc) is 3.48. The van der Waals surface area contributed by atoms with Crippen molar-refractivity contribution in [3.05, 3.63) is 70.2 Å². The number of nitrogens with zero attached hydrogens (tertiary/aromatic N) is 6. The Bertz CT molecular complexity index is 1110. The topological polar surface area (TPSA) is 87.2 Å². The zero-order chi connectivity index (χ0) is 22.1. The maximum absolute atomic E-state index is 13.0. The first-order valence-electron chi connectivity index (χ1n) is 11.1. The molecule has 0 saturated carbocycles. The highest BCUT2D eigenvalue weighted by atomic mass is 16.6. The third-order valence-corrected chi connectivity index (χ3v) is 6.32. The molecule has 9 heteroatoms. The van der Waals surface area contributed by atoms with Crippen LogP contribution >= 0.6 is 0 Å². The molecule has 0 atom stereocenters. The van der Waals surface area contributed by atoms with Gasteiger partial charge in [0.15, 0.2) is 0 Å². The van der Waals surface area contributed by atoms with E-state index in [4.69, 9.17) is 0 Å². The summed E-state index contributed by atoms with van der Waals surface area (Å²) in [5.41, 5.74) is 2.94. The van der Waals surface area contributed by atoms with Crippen LogP contribution in [0.5, 0.6) is 0 Å². The van der Waals surface area contributed by atoms with Crippen molar-refractivity contribution in [1.82, 2.24) is 19.2 Å². The lowest BCUT2D eigenvalue weighted by molar-refractivity contribution is -0.384. The summed E-state index contributed by atoms with van der Waals surface area (Å²) in [6, 6.07) is 10.8. The summed E-state index contributed by atoms with van der Waals surface area (Å²) >= 11 is 0. The van der Waals surface area contributed by atoms with Crippen LogP contribution in [-0.4, -0.2) is 69.3 Å². The quantitative estimate of drug-likeness (QED) is 0.453. The van der Waals surface area contributed by atoms with Crippen LogP contribution in [0.4, 0.5) is 11.4 Å². The third kappa shape index (κ3) is 4.03. The molecule has 2 aliphatic heterocycles. The van der Waals surface area contributed by atoms with Gasteiger partial charge in [0.05, 0.1) is 10.6 Å². The first-order chi connectivity index (χ1) is 15.6. The van der Waals surface area contributed by atoms with Crippen LogP contribution in [0, 0.1) is 10.1 Å². The molecular formula is C23H26N6O3. The van der Waals surface area contributed by atoms with Crippen molar-refractivity contribution in [3.8, 4) is 0 Å². The Hall–Kier alpha value is -3.46. The molecule has 2 aromatic heterocycles. The molecule has 0 aliphatic carbocycles.